The summed E-state index contributed by atoms with van der Waals surface area (Å²) in [6.45, 7) is 0.167. The molecule has 0 aromatic rings. The molecule has 7 nitrogen and oxygen atoms in total. The minimum Gasteiger partial charge on any atom is -0.357 e. The number of hydrogen-bond acceptors (Lipinski definition) is 4. The maximum absolute atomic E-state index is 11.9. The topological polar surface area (TPSA) is 102 Å². The normalized spacial score (nSPS) is 18.7. The van der Waals surface area contributed by atoms with Crippen LogP contribution in [-0.4, -0.2) is 48.8 Å². The second kappa shape index (κ2) is 6.59. The van der Waals surface area contributed by atoms with E-state index in [0.29, 0.717) is 13.0 Å². The fourth-order valence-electron chi connectivity index (χ4n) is 1.94. The Labute approximate surface area is 105 Å². The highest BCUT2D eigenvalue weighted by molar-refractivity contribution is 6.35. The van der Waals surface area contributed by atoms with Crippen molar-refractivity contribution in [2.45, 2.75) is 25.3 Å². The molecular formula is C11H16N4O3. The predicted molar refractivity (Wildman–Crippen MR) is 62.0 cm³/mol. The lowest BCUT2D eigenvalue weighted by molar-refractivity contribution is -0.150. The number of hydrogen-bond donors (Lipinski definition) is 2. The van der Waals surface area contributed by atoms with E-state index in [4.69, 9.17) is 5.26 Å². The second-order valence-electron chi connectivity index (χ2n) is 3.97. The monoisotopic (exact) mass is 252 g/mol. The number of nitrogens with one attached hydrogen (secondary N) is 2. The zero-order chi connectivity index (χ0) is 13.5. The van der Waals surface area contributed by atoms with Gasteiger partial charge in [-0.1, -0.05) is 0 Å². The maximum atomic E-state index is 11.9. The molecule has 1 rings (SSSR count). The Morgan fingerprint density at radius 1 is 1.39 bits per heavy atom. The van der Waals surface area contributed by atoms with E-state index >= 15 is 0 Å². The van der Waals surface area contributed by atoms with Gasteiger partial charge in [0, 0.05) is 13.6 Å². The summed E-state index contributed by atoms with van der Waals surface area (Å²) in [6, 6.07) is 1.13. The lowest BCUT2D eigenvalue weighted by Gasteiger charge is -2.33. The molecule has 0 aliphatic carbocycles. The Bertz CT molecular complexity index is 388. The molecule has 7 heteroatoms. The number of likely N-dealkylation sites (tertiary alicyclic amines) is 1. The second-order valence-corrected chi connectivity index (χ2v) is 3.97. The van der Waals surface area contributed by atoms with Crippen molar-refractivity contribution in [3.63, 3.8) is 0 Å². The molecule has 1 saturated heterocycles. The van der Waals surface area contributed by atoms with Crippen molar-refractivity contribution in [3.8, 4) is 6.07 Å². The molecule has 0 aromatic heterocycles. The van der Waals surface area contributed by atoms with Gasteiger partial charge in [0.15, 0.2) is 0 Å². The Balaban J connectivity index is 2.71. The summed E-state index contributed by atoms with van der Waals surface area (Å²) in [5, 5.41) is 13.0. The van der Waals surface area contributed by atoms with Crippen molar-refractivity contribution >= 4 is 17.7 Å². The van der Waals surface area contributed by atoms with Crippen LogP contribution >= 0.6 is 0 Å². The molecule has 1 heterocycles. The lowest BCUT2D eigenvalue weighted by Crippen LogP contribution is -2.55. The number of piperidine rings is 1. The number of likely N-dealkylation sites (N-methyl/N-ethyl adjacent to an activating group) is 1. The molecule has 3 amide bonds. The van der Waals surface area contributed by atoms with Gasteiger partial charge in [0.2, 0.25) is 5.91 Å². The summed E-state index contributed by atoms with van der Waals surface area (Å²) in [5.41, 5.74) is 0. The summed E-state index contributed by atoms with van der Waals surface area (Å²) >= 11 is 0. The number of carbonyl (C=O) groups is 3. The van der Waals surface area contributed by atoms with Gasteiger partial charge in [-0.05, 0) is 19.3 Å². The van der Waals surface area contributed by atoms with Gasteiger partial charge in [-0.2, -0.15) is 5.26 Å². The largest absolute Gasteiger partial charge is 0.357 e. The van der Waals surface area contributed by atoms with Crippen LogP contribution in [0.4, 0.5) is 0 Å². The third-order valence-corrected chi connectivity index (χ3v) is 2.83. The fourth-order valence-corrected chi connectivity index (χ4v) is 1.94. The summed E-state index contributed by atoms with van der Waals surface area (Å²) in [4.78, 5) is 36.2. The van der Waals surface area contributed by atoms with E-state index in [1.54, 1.807) is 6.07 Å². The zero-order valence-corrected chi connectivity index (χ0v) is 10.2. The molecule has 2 N–H and O–H groups in total. The van der Waals surface area contributed by atoms with Crippen LogP contribution < -0.4 is 10.6 Å². The third-order valence-electron chi connectivity index (χ3n) is 2.83. The van der Waals surface area contributed by atoms with Crippen LogP contribution in [0, 0.1) is 11.3 Å². The van der Waals surface area contributed by atoms with Crippen molar-refractivity contribution in [2.75, 3.05) is 20.1 Å². The number of rotatable bonds is 2. The Hall–Kier alpha value is -2.10. The third kappa shape index (κ3) is 3.20. The van der Waals surface area contributed by atoms with Gasteiger partial charge in [-0.15, -0.1) is 0 Å². The molecule has 0 saturated carbocycles. The van der Waals surface area contributed by atoms with Gasteiger partial charge < -0.3 is 15.5 Å². The molecule has 1 unspecified atom stereocenters. The molecule has 1 fully saturated rings. The summed E-state index contributed by atoms with van der Waals surface area (Å²) < 4.78 is 0. The number of nitriles is 1. The number of nitrogens with zero attached hydrogens (tertiary/aromatic N) is 2. The van der Waals surface area contributed by atoms with E-state index in [1.807, 2.05) is 0 Å². The first-order valence-electron chi connectivity index (χ1n) is 5.79. The van der Waals surface area contributed by atoms with Crippen LogP contribution in [0.15, 0.2) is 0 Å². The van der Waals surface area contributed by atoms with E-state index in [1.165, 1.54) is 11.9 Å². The summed E-state index contributed by atoms with van der Waals surface area (Å²) in [6.07, 6.45) is 2.17. The maximum Gasteiger partial charge on any atom is 0.312 e. The van der Waals surface area contributed by atoms with Gasteiger partial charge >= 0.3 is 11.8 Å². The molecule has 0 spiro atoms. The molecule has 0 aromatic carbocycles. The Morgan fingerprint density at radius 2 is 2.11 bits per heavy atom. The van der Waals surface area contributed by atoms with Crippen LogP contribution in [0.2, 0.25) is 0 Å². The molecule has 1 aliphatic heterocycles. The minimum atomic E-state index is -0.840. The number of carbonyl (C=O) groups excluding carboxylic acids is 3. The molecule has 0 bridgehead atoms. The SMILES string of the molecule is CNC(=O)C1CCCCN1C(=O)C(=O)NCC#N. The van der Waals surface area contributed by atoms with Crippen LogP contribution in [0.25, 0.3) is 0 Å². The van der Waals surface area contributed by atoms with Crippen molar-refractivity contribution in [1.29, 1.82) is 5.26 Å². The fraction of sp³-hybridized carbons (Fsp3) is 0.636. The van der Waals surface area contributed by atoms with Crippen LogP contribution in [-0.2, 0) is 14.4 Å². The van der Waals surface area contributed by atoms with Crippen molar-refractivity contribution in [2.24, 2.45) is 0 Å². The van der Waals surface area contributed by atoms with Gasteiger partial charge in [-0.3, -0.25) is 14.4 Å². The molecule has 1 aliphatic rings. The highest BCUT2D eigenvalue weighted by atomic mass is 16.2. The Morgan fingerprint density at radius 3 is 2.72 bits per heavy atom. The molecule has 1 atom stereocenters. The smallest absolute Gasteiger partial charge is 0.312 e. The van der Waals surface area contributed by atoms with Crippen LogP contribution in [0.3, 0.4) is 0 Å². The highest BCUT2D eigenvalue weighted by Crippen LogP contribution is 2.17. The van der Waals surface area contributed by atoms with Gasteiger partial charge in [0.25, 0.3) is 0 Å². The van der Waals surface area contributed by atoms with Crippen LogP contribution in [0.1, 0.15) is 19.3 Å². The average molecular weight is 252 g/mol. The highest BCUT2D eigenvalue weighted by Gasteiger charge is 2.34. The first-order chi connectivity index (χ1) is 8.61. The van der Waals surface area contributed by atoms with Crippen LogP contribution in [0.5, 0.6) is 0 Å². The van der Waals surface area contributed by atoms with E-state index in [9.17, 15) is 14.4 Å². The van der Waals surface area contributed by atoms with Gasteiger partial charge in [-0.25, -0.2) is 0 Å². The first-order valence-corrected chi connectivity index (χ1v) is 5.79. The van der Waals surface area contributed by atoms with Crippen molar-refractivity contribution in [1.82, 2.24) is 15.5 Å². The summed E-state index contributed by atoms with van der Waals surface area (Å²) in [5.74, 6) is -1.86. The average Bonchev–Trinajstić information content (AvgIpc) is 2.43. The van der Waals surface area contributed by atoms with E-state index in [-0.39, 0.29) is 12.5 Å². The zero-order valence-electron chi connectivity index (χ0n) is 10.2. The first kappa shape index (κ1) is 14.0. The standard InChI is InChI=1S/C11H16N4O3/c1-13-9(16)8-4-2-3-7-15(8)11(18)10(17)14-6-5-12/h8H,2-4,6-7H2,1H3,(H,13,16)(H,14,17). The molecular weight excluding hydrogens is 236 g/mol. The summed E-state index contributed by atoms with van der Waals surface area (Å²) in [7, 11) is 1.50. The van der Waals surface area contributed by atoms with E-state index < -0.39 is 17.9 Å². The molecule has 98 valence electrons. The van der Waals surface area contributed by atoms with Gasteiger partial charge in [0.1, 0.15) is 12.6 Å². The van der Waals surface area contributed by atoms with Gasteiger partial charge in [0.05, 0.1) is 6.07 Å². The number of amides is 3. The molecule has 18 heavy (non-hydrogen) atoms. The Kier molecular flexibility index (Phi) is 5.11. The quantitative estimate of drug-likeness (QED) is 0.473. The lowest BCUT2D eigenvalue weighted by atomic mass is 10.0. The predicted octanol–water partition coefficient (Wildman–Crippen LogP) is -1.25. The van der Waals surface area contributed by atoms with E-state index in [0.717, 1.165) is 12.8 Å². The van der Waals surface area contributed by atoms with Crippen molar-refractivity contribution < 1.29 is 14.4 Å². The van der Waals surface area contributed by atoms with E-state index in [2.05, 4.69) is 10.6 Å². The minimum absolute atomic E-state index is 0.219. The van der Waals surface area contributed by atoms with Crippen molar-refractivity contribution in [3.05, 3.63) is 0 Å². The molecule has 0 radical (unpaired) electrons.